The van der Waals surface area contributed by atoms with E-state index in [0.29, 0.717) is 48.3 Å². The topological polar surface area (TPSA) is 85.9 Å². The standard InChI is InChI=1S/C25H24N2O5/c28-24(27-20-10-11-22-23(15-20)31-13-5-12-30-22)17-32-21-9-4-8-19(14-21)25(29)26-16-18-6-2-1-3-7-18/h1-4,6-11,14-15H,5,12-13,16-17H2,(H,26,29)(H,27,28). The molecule has 0 bridgehead atoms. The zero-order valence-electron chi connectivity index (χ0n) is 17.5. The van der Waals surface area contributed by atoms with E-state index in [0.717, 1.165) is 12.0 Å². The minimum atomic E-state index is -0.321. The SMILES string of the molecule is O=C(COc1cccc(C(=O)NCc2ccccc2)c1)Nc1ccc2c(c1)OCCCO2. The van der Waals surface area contributed by atoms with Crippen molar-refractivity contribution in [3.8, 4) is 17.2 Å². The molecular formula is C25H24N2O5. The molecule has 0 saturated carbocycles. The van der Waals surface area contributed by atoms with Crippen LogP contribution in [0.1, 0.15) is 22.3 Å². The minimum absolute atomic E-state index is 0.191. The first kappa shape index (κ1) is 21.2. The summed E-state index contributed by atoms with van der Waals surface area (Å²) in [4.78, 5) is 24.7. The first-order chi connectivity index (χ1) is 15.7. The fourth-order valence-electron chi connectivity index (χ4n) is 3.19. The van der Waals surface area contributed by atoms with Crippen LogP contribution in [0, 0.1) is 0 Å². The Morgan fingerprint density at radius 3 is 2.53 bits per heavy atom. The Labute approximate surface area is 186 Å². The van der Waals surface area contributed by atoms with Gasteiger partial charge in [-0.3, -0.25) is 9.59 Å². The molecule has 32 heavy (non-hydrogen) atoms. The van der Waals surface area contributed by atoms with Gasteiger partial charge in [0.15, 0.2) is 18.1 Å². The van der Waals surface area contributed by atoms with Crippen LogP contribution < -0.4 is 24.8 Å². The van der Waals surface area contributed by atoms with Crippen molar-refractivity contribution in [3.63, 3.8) is 0 Å². The molecule has 0 spiro atoms. The summed E-state index contributed by atoms with van der Waals surface area (Å²) in [6.07, 6.45) is 0.813. The molecule has 164 valence electrons. The second kappa shape index (κ2) is 10.3. The van der Waals surface area contributed by atoms with Crippen LogP contribution in [-0.2, 0) is 11.3 Å². The molecule has 1 heterocycles. The quantitative estimate of drug-likeness (QED) is 0.593. The van der Waals surface area contributed by atoms with E-state index in [1.54, 1.807) is 42.5 Å². The third-order valence-corrected chi connectivity index (χ3v) is 4.79. The van der Waals surface area contributed by atoms with E-state index >= 15 is 0 Å². The molecule has 0 aliphatic carbocycles. The summed E-state index contributed by atoms with van der Waals surface area (Å²) in [6.45, 7) is 1.42. The smallest absolute Gasteiger partial charge is 0.262 e. The van der Waals surface area contributed by atoms with E-state index in [4.69, 9.17) is 14.2 Å². The van der Waals surface area contributed by atoms with Crippen LogP contribution in [0.15, 0.2) is 72.8 Å². The summed E-state index contributed by atoms with van der Waals surface area (Å²) < 4.78 is 16.8. The number of hydrogen-bond donors (Lipinski definition) is 2. The molecule has 3 aromatic carbocycles. The number of benzene rings is 3. The summed E-state index contributed by atoms with van der Waals surface area (Å²) in [5, 5.41) is 5.65. The van der Waals surface area contributed by atoms with Crippen LogP contribution >= 0.6 is 0 Å². The highest BCUT2D eigenvalue weighted by molar-refractivity contribution is 5.94. The molecule has 0 aromatic heterocycles. The van der Waals surface area contributed by atoms with Crippen molar-refractivity contribution >= 4 is 17.5 Å². The molecule has 0 atom stereocenters. The van der Waals surface area contributed by atoms with Gasteiger partial charge in [0.25, 0.3) is 11.8 Å². The zero-order valence-corrected chi connectivity index (χ0v) is 17.5. The molecule has 0 saturated heterocycles. The molecule has 2 amide bonds. The summed E-state index contributed by atoms with van der Waals surface area (Å²) >= 11 is 0. The Kier molecular flexibility index (Phi) is 6.87. The Hall–Kier alpha value is -4.00. The van der Waals surface area contributed by atoms with Gasteiger partial charge in [0, 0.05) is 30.3 Å². The van der Waals surface area contributed by atoms with Crippen molar-refractivity contribution in [2.75, 3.05) is 25.1 Å². The minimum Gasteiger partial charge on any atom is -0.490 e. The number of anilines is 1. The third-order valence-electron chi connectivity index (χ3n) is 4.79. The fraction of sp³-hybridized carbons (Fsp3) is 0.200. The monoisotopic (exact) mass is 432 g/mol. The number of carbonyl (C=O) groups excluding carboxylic acids is 2. The Morgan fingerprint density at radius 1 is 0.875 bits per heavy atom. The van der Waals surface area contributed by atoms with Gasteiger partial charge < -0.3 is 24.8 Å². The van der Waals surface area contributed by atoms with Crippen LogP contribution in [0.5, 0.6) is 17.2 Å². The summed E-state index contributed by atoms with van der Waals surface area (Å²) in [6, 6.07) is 21.7. The van der Waals surface area contributed by atoms with Crippen LogP contribution in [0.2, 0.25) is 0 Å². The zero-order chi connectivity index (χ0) is 22.2. The van der Waals surface area contributed by atoms with Gasteiger partial charge in [0.05, 0.1) is 13.2 Å². The van der Waals surface area contributed by atoms with Crippen LogP contribution in [0.4, 0.5) is 5.69 Å². The van der Waals surface area contributed by atoms with E-state index in [1.807, 2.05) is 30.3 Å². The lowest BCUT2D eigenvalue weighted by Gasteiger charge is -2.11. The first-order valence-electron chi connectivity index (χ1n) is 10.4. The van der Waals surface area contributed by atoms with Gasteiger partial charge in [0.2, 0.25) is 0 Å². The molecule has 2 N–H and O–H groups in total. The lowest BCUT2D eigenvalue weighted by Crippen LogP contribution is -2.23. The number of carbonyl (C=O) groups is 2. The second-order valence-corrected chi connectivity index (χ2v) is 7.24. The van der Waals surface area contributed by atoms with Gasteiger partial charge in [-0.25, -0.2) is 0 Å². The molecular weight excluding hydrogens is 408 g/mol. The van der Waals surface area contributed by atoms with Gasteiger partial charge in [-0.05, 0) is 35.9 Å². The number of amides is 2. The summed E-state index contributed by atoms with van der Waals surface area (Å²) in [7, 11) is 0. The number of ether oxygens (including phenoxy) is 3. The Morgan fingerprint density at radius 2 is 1.69 bits per heavy atom. The molecule has 1 aliphatic heterocycles. The highest BCUT2D eigenvalue weighted by atomic mass is 16.5. The van der Waals surface area contributed by atoms with Crippen molar-refractivity contribution in [2.45, 2.75) is 13.0 Å². The predicted octanol–water partition coefficient (Wildman–Crippen LogP) is 3.80. The van der Waals surface area contributed by atoms with Crippen molar-refractivity contribution in [2.24, 2.45) is 0 Å². The average molecular weight is 432 g/mol. The van der Waals surface area contributed by atoms with Gasteiger partial charge >= 0.3 is 0 Å². The normalized spacial score (nSPS) is 12.4. The largest absolute Gasteiger partial charge is 0.490 e. The molecule has 0 radical (unpaired) electrons. The Bertz CT molecular complexity index is 1080. The van der Waals surface area contributed by atoms with Gasteiger partial charge in [-0.1, -0.05) is 36.4 Å². The maximum absolute atomic E-state index is 12.4. The van der Waals surface area contributed by atoms with Crippen LogP contribution in [-0.4, -0.2) is 31.6 Å². The summed E-state index contributed by atoms with van der Waals surface area (Å²) in [5.41, 5.74) is 2.07. The fourth-order valence-corrected chi connectivity index (χ4v) is 3.19. The first-order valence-corrected chi connectivity index (χ1v) is 10.4. The van der Waals surface area contributed by atoms with Gasteiger partial charge in [-0.2, -0.15) is 0 Å². The second-order valence-electron chi connectivity index (χ2n) is 7.24. The maximum atomic E-state index is 12.4. The van der Waals surface area contributed by atoms with Crippen molar-refractivity contribution in [1.29, 1.82) is 0 Å². The lowest BCUT2D eigenvalue weighted by atomic mass is 10.2. The average Bonchev–Trinajstić information content (AvgIpc) is 3.07. The number of rotatable bonds is 7. The maximum Gasteiger partial charge on any atom is 0.262 e. The van der Waals surface area contributed by atoms with E-state index in [1.165, 1.54) is 0 Å². The van der Waals surface area contributed by atoms with Crippen molar-refractivity contribution in [1.82, 2.24) is 5.32 Å². The lowest BCUT2D eigenvalue weighted by molar-refractivity contribution is -0.118. The number of nitrogens with one attached hydrogen (secondary N) is 2. The van der Waals surface area contributed by atoms with E-state index in [-0.39, 0.29) is 18.4 Å². The van der Waals surface area contributed by atoms with E-state index < -0.39 is 0 Å². The van der Waals surface area contributed by atoms with Crippen LogP contribution in [0.3, 0.4) is 0 Å². The van der Waals surface area contributed by atoms with Crippen LogP contribution in [0.25, 0.3) is 0 Å². The third kappa shape index (κ3) is 5.78. The van der Waals surface area contributed by atoms with Gasteiger partial charge in [-0.15, -0.1) is 0 Å². The number of hydrogen-bond acceptors (Lipinski definition) is 5. The van der Waals surface area contributed by atoms with Gasteiger partial charge in [0.1, 0.15) is 5.75 Å². The van der Waals surface area contributed by atoms with E-state index in [9.17, 15) is 9.59 Å². The molecule has 7 heteroatoms. The molecule has 0 fully saturated rings. The van der Waals surface area contributed by atoms with Crippen molar-refractivity contribution < 1.29 is 23.8 Å². The highest BCUT2D eigenvalue weighted by Crippen LogP contribution is 2.32. The highest BCUT2D eigenvalue weighted by Gasteiger charge is 2.13. The van der Waals surface area contributed by atoms with Crippen molar-refractivity contribution in [3.05, 3.63) is 83.9 Å². The van der Waals surface area contributed by atoms with E-state index in [2.05, 4.69) is 10.6 Å². The number of fused-ring (bicyclic) bond motifs is 1. The Balaban J connectivity index is 1.29. The summed E-state index contributed by atoms with van der Waals surface area (Å²) in [5.74, 6) is 1.18. The molecule has 7 nitrogen and oxygen atoms in total. The predicted molar refractivity (Wildman–Crippen MR) is 120 cm³/mol. The molecule has 1 aliphatic rings. The molecule has 4 rings (SSSR count). The molecule has 3 aromatic rings. The molecule has 0 unspecified atom stereocenters.